The van der Waals surface area contributed by atoms with Crippen molar-refractivity contribution in [3.05, 3.63) is 16.6 Å². The van der Waals surface area contributed by atoms with E-state index in [9.17, 15) is 8.42 Å². The Labute approximate surface area is 131 Å². The van der Waals surface area contributed by atoms with Crippen LogP contribution in [-0.4, -0.2) is 61.1 Å². The average molecular weight is 329 g/mol. The van der Waals surface area contributed by atoms with Gasteiger partial charge in [-0.15, -0.1) is 11.3 Å². The van der Waals surface area contributed by atoms with E-state index in [4.69, 9.17) is 0 Å². The van der Waals surface area contributed by atoms with Crippen LogP contribution in [-0.2, 0) is 10.0 Å². The third kappa shape index (κ3) is 3.64. The molecule has 3 rings (SSSR count). The molecule has 0 unspecified atom stereocenters. The highest BCUT2D eigenvalue weighted by molar-refractivity contribution is 7.88. The van der Waals surface area contributed by atoms with Gasteiger partial charge >= 0.3 is 0 Å². The molecule has 1 aromatic rings. The molecule has 0 saturated carbocycles. The van der Waals surface area contributed by atoms with E-state index in [0.717, 1.165) is 25.9 Å². The Bertz CT molecular complexity index is 551. The number of piperidine rings is 2. The van der Waals surface area contributed by atoms with Crippen LogP contribution in [0.3, 0.4) is 0 Å². The summed E-state index contributed by atoms with van der Waals surface area (Å²) >= 11 is 1.76. The van der Waals surface area contributed by atoms with Gasteiger partial charge in [-0.1, -0.05) is 0 Å². The Balaban J connectivity index is 1.58. The first kappa shape index (κ1) is 15.4. The van der Waals surface area contributed by atoms with Gasteiger partial charge in [-0.3, -0.25) is 4.90 Å². The molecule has 0 bridgehead atoms. The van der Waals surface area contributed by atoms with E-state index < -0.39 is 10.0 Å². The van der Waals surface area contributed by atoms with E-state index in [0.29, 0.717) is 25.0 Å². The Morgan fingerprint density at radius 3 is 2.62 bits per heavy atom. The maximum absolute atomic E-state index is 11.6. The van der Waals surface area contributed by atoms with Crippen molar-refractivity contribution in [1.29, 1.82) is 0 Å². The molecule has 118 valence electrons. The molecule has 5 nitrogen and oxygen atoms in total. The molecule has 0 radical (unpaired) electrons. The van der Waals surface area contributed by atoms with Gasteiger partial charge in [0.05, 0.1) is 11.3 Å². The molecule has 0 spiro atoms. The number of aromatic nitrogens is 1. The molecule has 0 aromatic carbocycles. The maximum atomic E-state index is 11.6. The Hall–Kier alpha value is -0.500. The number of thiazole rings is 1. The number of sulfonamides is 1. The zero-order valence-electron chi connectivity index (χ0n) is 12.4. The molecular weight excluding hydrogens is 306 g/mol. The lowest BCUT2D eigenvalue weighted by atomic mass is 9.94. The van der Waals surface area contributed by atoms with Crippen molar-refractivity contribution >= 4 is 21.4 Å². The first-order valence-electron chi connectivity index (χ1n) is 7.62. The van der Waals surface area contributed by atoms with E-state index in [2.05, 4.69) is 15.3 Å². The summed E-state index contributed by atoms with van der Waals surface area (Å²) in [7, 11) is -3.02. The van der Waals surface area contributed by atoms with Crippen LogP contribution in [0.2, 0.25) is 0 Å². The molecule has 1 atom stereocenters. The van der Waals surface area contributed by atoms with Crippen molar-refractivity contribution < 1.29 is 8.42 Å². The van der Waals surface area contributed by atoms with E-state index in [-0.39, 0.29) is 0 Å². The van der Waals surface area contributed by atoms with Gasteiger partial charge in [0.2, 0.25) is 10.0 Å². The van der Waals surface area contributed by atoms with Crippen LogP contribution in [0, 0.1) is 0 Å². The predicted octanol–water partition coefficient (Wildman–Crippen LogP) is 1.75. The topological polar surface area (TPSA) is 53.5 Å². The average Bonchev–Trinajstić information content (AvgIpc) is 3.01. The minimum absolute atomic E-state index is 0.533. The molecule has 21 heavy (non-hydrogen) atoms. The summed E-state index contributed by atoms with van der Waals surface area (Å²) in [6.07, 6.45) is 7.56. The summed E-state index contributed by atoms with van der Waals surface area (Å²) < 4.78 is 24.8. The minimum Gasteiger partial charge on any atom is -0.300 e. The summed E-state index contributed by atoms with van der Waals surface area (Å²) in [6.45, 7) is 3.56. The summed E-state index contributed by atoms with van der Waals surface area (Å²) in [6, 6.07) is 0.533. The second kappa shape index (κ2) is 6.32. The summed E-state index contributed by atoms with van der Waals surface area (Å²) in [4.78, 5) is 7.03. The molecule has 0 aliphatic carbocycles. The lowest BCUT2D eigenvalue weighted by Crippen LogP contribution is -2.49. The smallest absolute Gasteiger partial charge is 0.211 e. The van der Waals surface area contributed by atoms with Crippen molar-refractivity contribution in [1.82, 2.24) is 14.2 Å². The molecule has 2 fully saturated rings. The van der Waals surface area contributed by atoms with Crippen molar-refractivity contribution in [3.8, 4) is 0 Å². The van der Waals surface area contributed by atoms with Crippen LogP contribution in [0.15, 0.2) is 11.6 Å². The highest BCUT2D eigenvalue weighted by Gasteiger charge is 2.32. The lowest BCUT2D eigenvalue weighted by Gasteiger charge is -2.41. The first-order valence-corrected chi connectivity index (χ1v) is 10.4. The predicted molar refractivity (Wildman–Crippen MR) is 85.1 cm³/mol. The Morgan fingerprint density at radius 2 is 2.00 bits per heavy atom. The zero-order chi connectivity index (χ0) is 14.9. The maximum Gasteiger partial charge on any atom is 0.211 e. The van der Waals surface area contributed by atoms with Crippen LogP contribution in [0.4, 0.5) is 0 Å². The largest absolute Gasteiger partial charge is 0.300 e. The fraction of sp³-hybridized carbons (Fsp3) is 0.786. The van der Waals surface area contributed by atoms with E-state index >= 15 is 0 Å². The van der Waals surface area contributed by atoms with Crippen molar-refractivity contribution in [2.45, 2.75) is 37.6 Å². The normalized spacial score (nSPS) is 27.0. The highest BCUT2D eigenvalue weighted by Crippen LogP contribution is 2.31. The van der Waals surface area contributed by atoms with E-state index in [1.165, 1.54) is 24.1 Å². The molecule has 2 aliphatic heterocycles. The summed E-state index contributed by atoms with van der Waals surface area (Å²) in [5.41, 5.74) is 0. The highest BCUT2D eigenvalue weighted by atomic mass is 32.2. The number of hydrogen-bond acceptors (Lipinski definition) is 5. The number of nitrogens with zero attached hydrogens (tertiary/aromatic N) is 3. The summed E-state index contributed by atoms with van der Waals surface area (Å²) in [5, 5.41) is 3.31. The Kier molecular flexibility index (Phi) is 4.63. The third-order valence-electron chi connectivity index (χ3n) is 4.66. The number of hydrogen-bond donors (Lipinski definition) is 0. The van der Waals surface area contributed by atoms with Gasteiger partial charge in [0, 0.05) is 43.2 Å². The lowest BCUT2D eigenvalue weighted by molar-refractivity contribution is 0.107. The first-order chi connectivity index (χ1) is 10.0. The second-order valence-electron chi connectivity index (χ2n) is 6.10. The quantitative estimate of drug-likeness (QED) is 0.848. The van der Waals surface area contributed by atoms with Crippen molar-refractivity contribution in [2.75, 3.05) is 32.4 Å². The molecule has 0 amide bonds. The second-order valence-corrected chi connectivity index (χ2v) is 9.01. The van der Waals surface area contributed by atoms with Crippen LogP contribution in [0.25, 0.3) is 0 Å². The third-order valence-corrected chi connectivity index (χ3v) is 6.90. The van der Waals surface area contributed by atoms with Crippen LogP contribution >= 0.6 is 11.3 Å². The standard InChI is InChI=1S/C14H23N3O2S2/c1-21(18,19)17-8-4-13(5-9-17)16-7-2-3-12(11-16)14-15-6-10-20-14/h6,10,12-13H,2-5,7-9,11H2,1H3/t12-/m1/s1. The van der Waals surface area contributed by atoms with E-state index in [1.807, 2.05) is 6.20 Å². The van der Waals surface area contributed by atoms with Gasteiger partial charge in [-0.25, -0.2) is 17.7 Å². The van der Waals surface area contributed by atoms with Crippen LogP contribution in [0.5, 0.6) is 0 Å². The van der Waals surface area contributed by atoms with Crippen LogP contribution in [0.1, 0.15) is 36.6 Å². The molecule has 7 heteroatoms. The van der Waals surface area contributed by atoms with Gasteiger partial charge < -0.3 is 0 Å². The van der Waals surface area contributed by atoms with Crippen molar-refractivity contribution in [2.24, 2.45) is 0 Å². The van der Waals surface area contributed by atoms with Gasteiger partial charge in [0.1, 0.15) is 0 Å². The van der Waals surface area contributed by atoms with Gasteiger partial charge in [-0.05, 0) is 32.2 Å². The summed E-state index contributed by atoms with van der Waals surface area (Å²) in [5.74, 6) is 0.562. The van der Waals surface area contributed by atoms with Gasteiger partial charge in [-0.2, -0.15) is 0 Å². The molecular formula is C14H23N3O2S2. The fourth-order valence-corrected chi connectivity index (χ4v) is 5.16. The van der Waals surface area contributed by atoms with E-state index in [1.54, 1.807) is 15.6 Å². The molecule has 3 heterocycles. The Morgan fingerprint density at radius 1 is 1.24 bits per heavy atom. The molecule has 2 aliphatic rings. The molecule has 1 aromatic heterocycles. The van der Waals surface area contributed by atoms with Gasteiger partial charge in [0.15, 0.2) is 0 Å². The minimum atomic E-state index is -3.02. The monoisotopic (exact) mass is 329 g/mol. The fourth-order valence-electron chi connectivity index (χ4n) is 3.51. The van der Waals surface area contributed by atoms with Gasteiger partial charge in [0.25, 0.3) is 0 Å². The number of rotatable bonds is 3. The zero-order valence-corrected chi connectivity index (χ0v) is 14.1. The van der Waals surface area contributed by atoms with Crippen molar-refractivity contribution in [3.63, 3.8) is 0 Å². The SMILES string of the molecule is CS(=O)(=O)N1CCC(N2CCC[C@@H](c3nccs3)C2)CC1. The van der Waals surface area contributed by atoms with Crippen LogP contribution < -0.4 is 0 Å². The molecule has 2 saturated heterocycles. The number of likely N-dealkylation sites (tertiary alicyclic amines) is 1. The molecule has 0 N–H and O–H groups in total.